The predicted molar refractivity (Wildman–Crippen MR) is 104 cm³/mol. The van der Waals surface area contributed by atoms with Gasteiger partial charge in [0.2, 0.25) is 5.28 Å². The van der Waals surface area contributed by atoms with Crippen LogP contribution in [0.25, 0.3) is 0 Å². The number of urea groups is 1. The average molecular weight is 400 g/mol. The van der Waals surface area contributed by atoms with Crippen LogP contribution in [0.1, 0.15) is 17.0 Å². The number of pyridine rings is 1. The first-order valence-electron chi connectivity index (χ1n) is 8.54. The third-order valence-electron chi connectivity index (χ3n) is 4.70. The summed E-state index contributed by atoms with van der Waals surface area (Å²) in [6.45, 7) is 4.11. The number of rotatable bonds is 3. The predicted octanol–water partition coefficient (Wildman–Crippen LogP) is 3.16. The molecule has 0 aliphatic carbocycles. The standard InChI is InChI=1S/C18H18ClN7O2/c1-10-15(11(2)24(3)23-10)25-9-12-7-21-17(19)22-16(12)26(18(25)27)14-6-5-13(28-4)8-20-14/h5-8H,9H2,1-4H3. The SMILES string of the molecule is COc1ccc(N2C(=O)N(c3c(C)nn(C)c3C)Cc3cnc(Cl)nc32)nc1. The van der Waals surface area contributed by atoms with Gasteiger partial charge in [0.05, 0.1) is 36.9 Å². The van der Waals surface area contributed by atoms with Crippen molar-refractivity contribution in [3.63, 3.8) is 0 Å². The lowest BCUT2D eigenvalue weighted by Crippen LogP contribution is -2.46. The van der Waals surface area contributed by atoms with E-state index in [1.165, 1.54) is 4.90 Å². The molecule has 1 aliphatic rings. The van der Waals surface area contributed by atoms with E-state index in [4.69, 9.17) is 16.3 Å². The molecular weight excluding hydrogens is 382 g/mol. The summed E-state index contributed by atoms with van der Waals surface area (Å²) in [6, 6.07) is 3.14. The van der Waals surface area contributed by atoms with Gasteiger partial charge in [-0.05, 0) is 37.6 Å². The van der Waals surface area contributed by atoms with Gasteiger partial charge in [0.25, 0.3) is 0 Å². The van der Waals surface area contributed by atoms with E-state index >= 15 is 0 Å². The summed E-state index contributed by atoms with van der Waals surface area (Å²) >= 11 is 6.00. The number of carbonyl (C=O) groups is 1. The highest BCUT2D eigenvalue weighted by Gasteiger charge is 2.37. The van der Waals surface area contributed by atoms with Gasteiger partial charge in [-0.2, -0.15) is 10.1 Å². The van der Waals surface area contributed by atoms with Crippen LogP contribution in [0.15, 0.2) is 24.5 Å². The van der Waals surface area contributed by atoms with Gasteiger partial charge in [-0.25, -0.2) is 19.7 Å². The van der Waals surface area contributed by atoms with Gasteiger partial charge in [0, 0.05) is 18.8 Å². The molecule has 0 N–H and O–H groups in total. The molecule has 3 aromatic heterocycles. The Morgan fingerprint density at radius 2 is 1.96 bits per heavy atom. The van der Waals surface area contributed by atoms with Crippen LogP contribution in [0.3, 0.4) is 0 Å². The number of ether oxygens (including phenoxy) is 1. The molecule has 0 fully saturated rings. The quantitative estimate of drug-likeness (QED) is 0.628. The summed E-state index contributed by atoms with van der Waals surface area (Å²) in [4.78, 5) is 29.3. The zero-order valence-electron chi connectivity index (χ0n) is 15.8. The number of anilines is 3. The number of amides is 2. The molecule has 4 rings (SSSR count). The van der Waals surface area contributed by atoms with E-state index in [1.54, 1.807) is 41.2 Å². The minimum atomic E-state index is -0.292. The number of methoxy groups -OCH3 is 1. The van der Waals surface area contributed by atoms with Crippen molar-refractivity contribution in [3.05, 3.63) is 46.8 Å². The minimum Gasteiger partial charge on any atom is -0.495 e. The van der Waals surface area contributed by atoms with Crippen molar-refractivity contribution in [1.82, 2.24) is 24.7 Å². The van der Waals surface area contributed by atoms with Crippen molar-refractivity contribution in [2.24, 2.45) is 7.05 Å². The Hall–Kier alpha value is -3.20. The minimum absolute atomic E-state index is 0.0623. The number of aryl methyl sites for hydroxylation is 2. The number of hydrogen-bond donors (Lipinski definition) is 0. The second-order valence-electron chi connectivity index (χ2n) is 6.39. The maximum Gasteiger partial charge on any atom is 0.336 e. The van der Waals surface area contributed by atoms with E-state index < -0.39 is 0 Å². The summed E-state index contributed by atoms with van der Waals surface area (Å²) in [6.07, 6.45) is 3.17. The first-order chi connectivity index (χ1) is 13.4. The van der Waals surface area contributed by atoms with Crippen LogP contribution in [0.2, 0.25) is 5.28 Å². The zero-order chi connectivity index (χ0) is 20.0. The normalized spacial score (nSPS) is 13.7. The van der Waals surface area contributed by atoms with Gasteiger partial charge >= 0.3 is 6.03 Å². The fourth-order valence-corrected chi connectivity index (χ4v) is 3.42. The molecule has 0 spiro atoms. The number of aromatic nitrogens is 5. The summed E-state index contributed by atoms with van der Waals surface area (Å²) in [5.41, 5.74) is 3.15. The first-order valence-corrected chi connectivity index (χ1v) is 8.91. The van der Waals surface area contributed by atoms with Crippen LogP contribution in [0.4, 0.5) is 22.1 Å². The van der Waals surface area contributed by atoms with Crippen LogP contribution in [0.5, 0.6) is 5.75 Å². The highest BCUT2D eigenvalue weighted by molar-refractivity contribution is 6.28. The maximum atomic E-state index is 13.5. The second kappa shape index (κ2) is 6.75. The highest BCUT2D eigenvalue weighted by atomic mass is 35.5. The Morgan fingerprint density at radius 3 is 2.57 bits per heavy atom. The lowest BCUT2D eigenvalue weighted by molar-refractivity contribution is 0.252. The molecule has 0 atom stereocenters. The van der Waals surface area contributed by atoms with Gasteiger partial charge < -0.3 is 4.74 Å². The number of fused-ring (bicyclic) bond motifs is 1. The molecule has 1 aliphatic heterocycles. The molecule has 3 aromatic rings. The number of halogens is 1. The third kappa shape index (κ3) is 2.84. The zero-order valence-corrected chi connectivity index (χ0v) is 16.6. The van der Waals surface area contributed by atoms with Crippen molar-refractivity contribution >= 4 is 35.0 Å². The molecular formula is C18H18ClN7O2. The molecule has 9 nitrogen and oxygen atoms in total. The fraction of sp³-hybridized carbons (Fsp3) is 0.278. The lowest BCUT2D eigenvalue weighted by atomic mass is 10.1. The summed E-state index contributed by atoms with van der Waals surface area (Å²) < 4.78 is 6.91. The number of carbonyl (C=O) groups excluding carboxylic acids is 1. The summed E-state index contributed by atoms with van der Waals surface area (Å²) in [5, 5.41) is 4.49. The van der Waals surface area contributed by atoms with Crippen molar-refractivity contribution < 1.29 is 9.53 Å². The van der Waals surface area contributed by atoms with Crippen LogP contribution in [0, 0.1) is 13.8 Å². The molecule has 2 amide bonds. The van der Waals surface area contributed by atoms with Gasteiger partial charge in [0.15, 0.2) is 5.82 Å². The van der Waals surface area contributed by atoms with E-state index in [0.717, 1.165) is 22.6 Å². The molecule has 28 heavy (non-hydrogen) atoms. The summed E-state index contributed by atoms with van der Waals surface area (Å²) in [5.74, 6) is 1.41. The Labute approximate surface area is 166 Å². The molecule has 144 valence electrons. The van der Waals surface area contributed by atoms with E-state index in [2.05, 4.69) is 20.1 Å². The highest BCUT2D eigenvalue weighted by Crippen LogP contribution is 2.37. The molecule has 0 saturated carbocycles. The van der Waals surface area contributed by atoms with Crippen molar-refractivity contribution in [2.75, 3.05) is 16.9 Å². The first kappa shape index (κ1) is 18.2. The van der Waals surface area contributed by atoms with Crippen LogP contribution < -0.4 is 14.5 Å². The van der Waals surface area contributed by atoms with Crippen LogP contribution in [-0.2, 0) is 13.6 Å². The lowest BCUT2D eigenvalue weighted by Gasteiger charge is -2.35. The Kier molecular flexibility index (Phi) is 4.38. The Balaban J connectivity index is 1.87. The van der Waals surface area contributed by atoms with Crippen LogP contribution >= 0.6 is 11.6 Å². The second-order valence-corrected chi connectivity index (χ2v) is 6.73. The van der Waals surface area contributed by atoms with Gasteiger partial charge in [-0.1, -0.05) is 0 Å². The van der Waals surface area contributed by atoms with Crippen molar-refractivity contribution in [2.45, 2.75) is 20.4 Å². The topological polar surface area (TPSA) is 89.3 Å². The van der Waals surface area contributed by atoms with Gasteiger partial charge in [0.1, 0.15) is 11.6 Å². The monoisotopic (exact) mass is 399 g/mol. The van der Waals surface area contributed by atoms with Gasteiger partial charge in [-0.3, -0.25) is 9.58 Å². The molecule has 0 bridgehead atoms. The van der Waals surface area contributed by atoms with Crippen molar-refractivity contribution in [1.29, 1.82) is 0 Å². The molecule has 4 heterocycles. The van der Waals surface area contributed by atoms with Gasteiger partial charge in [-0.15, -0.1) is 0 Å². The van der Waals surface area contributed by atoms with E-state index in [0.29, 0.717) is 23.9 Å². The van der Waals surface area contributed by atoms with E-state index in [-0.39, 0.29) is 11.3 Å². The fourth-order valence-electron chi connectivity index (χ4n) is 3.29. The number of nitrogens with zero attached hydrogens (tertiary/aromatic N) is 7. The average Bonchev–Trinajstić information content (AvgIpc) is 2.93. The summed E-state index contributed by atoms with van der Waals surface area (Å²) in [7, 11) is 3.40. The van der Waals surface area contributed by atoms with E-state index in [1.807, 2.05) is 20.9 Å². The Bertz CT molecular complexity index is 1060. The van der Waals surface area contributed by atoms with Crippen LogP contribution in [-0.4, -0.2) is 37.9 Å². The Morgan fingerprint density at radius 1 is 1.18 bits per heavy atom. The molecule has 0 radical (unpaired) electrons. The molecule has 0 saturated heterocycles. The third-order valence-corrected chi connectivity index (χ3v) is 4.88. The number of hydrogen-bond acceptors (Lipinski definition) is 6. The smallest absolute Gasteiger partial charge is 0.336 e. The van der Waals surface area contributed by atoms with E-state index in [9.17, 15) is 4.79 Å². The van der Waals surface area contributed by atoms with Crippen molar-refractivity contribution in [3.8, 4) is 5.75 Å². The molecule has 0 aromatic carbocycles. The maximum absolute atomic E-state index is 13.5. The molecule has 10 heteroatoms. The molecule has 0 unspecified atom stereocenters. The largest absolute Gasteiger partial charge is 0.495 e.